The molecule has 1 heterocycles. The molecule has 0 radical (unpaired) electrons. The molecule has 1 aromatic heterocycles. The highest BCUT2D eigenvalue weighted by molar-refractivity contribution is 5.49. The van der Waals surface area contributed by atoms with E-state index in [0.717, 1.165) is 0 Å². The van der Waals surface area contributed by atoms with Crippen molar-refractivity contribution < 1.29 is 19.5 Å². The molecule has 0 bridgehead atoms. The van der Waals surface area contributed by atoms with E-state index in [4.69, 9.17) is 10.1 Å². The van der Waals surface area contributed by atoms with Gasteiger partial charge in [-0.1, -0.05) is 35.4 Å². The van der Waals surface area contributed by atoms with E-state index in [1.165, 1.54) is 44.8 Å². The average molecular weight is 366 g/mol. The van der Waals surface area contributed by atoms with Crippen molar-refractivity contribution in [2.75, 3.05) is 0 Å². The molecule has 0 unspecified atom stereocenters. The van der Waals surface area contributed by atoms with Gasteiger partial charge in [0.1, 0.15) is 23.8 Å². The Balaban J connectivity index is 0.000000596. The van der Waals surface area contributed by atoms with Crippen molar-refractivity contribution in [1.29, 1.82) is 0 Å². The molecule has 0 aliphatic heterocycles. The van der Waals surface area contributed by atoms with Gasteiger partial charge < -0.3 is 10.1 Å². The summed E-state index contributed by atoms with van der Waals surface area (Å²) >= 11 is 0. The summed E-state index contributed by atoms with van der Waals surface area (Å²) < 4.78 is 4.45. The van der Waals surface area contributed by atoms with Gasteiger partial charge in [0.2, 0.25) is 0 Å². The molecule has 0 fully saturated rings. The predicted molar refractivity (Wildman–Crippen MR) is 103 cm³/mol. The summed E-state index contributed by atoms with van der Waals surface area (Å²) in [6.45, 7) is 12.9. The fourth-order valence-electron chi connectivity index (χ4n) is 3.78. The van der Waals surface area contributed by atoms with E-state index >= 15 is 0 Å². The molecule has 0 aliphatic carbocycles. The molecule has 0 aliphatic rings. The third-order valence-electron chi connectivity index (χ3n) is 4.46. The lowest BCUT2D eigenvalue weighted by Crippen LogP contribution is -2.30. The topological polar surface area (TPSA) is 58.2 Å². The smallest absolute Gasteiger partial charge is 0.287 e. The van der Waals surface area contributed by atoms with E-state index in [-0.39, 0.29) is 6.47 Å². The second-order valence-corrected chi connectivity index (χ2v) is 6.92. The van der Waals surface area contributed by atoms with Gasteiger partial charge in [-0.25, -0.2) is 9.13 Å². The zero-order valence-corrected chi connectivity index (χ0v) is 16.7. The normalized spacial score (nSPS) is 10.2. The van der Waals surface area contributed by atoms with Gasteiger partial charge in [-0.3, -0.25) is 4.79 Å². The summed E-state index contributed by atoms with van der Waals surface area (Å²) in [5, 5.41) is 8.43. The summed E-state index contributed by atoms with van der Waals surface area (Å²) in [5.41, 5.74) is 10.4. The zero-order valence-electron chi connectivity index (χ0n) is 16.7. The number of rotatable bonds is 3. The second kappa shape index (κ2) is 8.64. The van der Waals surface area contributed by atoms with E-state index in [1.807, 2.05) is 0 Å². The van der Waals surface area contributed by atoms with Crippen LogP contribution in [0.15, 0.2) is 43.0 Å². The number of carbonyl (C=O) groups is 1. The number of aromatic nitrogens is 2. The number of carbonyl (C=O) groups excluding carboxylic acids is 1. The maximum atomic E-state index is 8.64. The van der Waals surface area contributed by atoms with E-state index in [2.05, 4.69) is 98.6 Å². The largest absolute Gasteiger partial charge is 0.662 e. The van der Waals surface area contributed by atoms with Crippen molar-refractivity contribution in [3.8, 4) is 11.4 Å². The highest BCUT2D eigenvalue weighted by Gasteiger charge is 2.16. The van der Waals surface area contributed by atoms with Crippen molar-refractivity contribution in [2.24, 2.45) is 0 Å². The Morgan fingerprint density at radius 2 is 1.33 bits per heavy atom. The Kier molecular flexibility index (Phi) is 6.53. The molecule has 5 nitrogen and oxygen atoms in total. The van der Waals surface area contributed by atoms with Crippen LogP contribution >= 0.6 is 0 Å². The van der Waals surface area contributed by atoms with Crippen molar-refractivity contribution in [3.05, 3.63) is 76.4 Å². The molecule has 0 saturated carbocycles. The molecule has 0 amide bonds. The van der Waals surface area contributed by atoms with Crippen LogP contribution < -0.4 is 9.82 Å². The molecule has 0 spiro atoms. The van der Waals surface area contributed by atoms with Crippen molar-refractivity contribution in [3.63, 3.8) is 0 Å². The van der Waals surface area contributed by atoms with Crippen molar-refractivity contribution in [1.82, 2.24) is 4.57 Å². The Bertz CT molecular complexity index is 840. The van der Waals surface area contributed by atoms with Crippen LogP contribution in [0.5, 0.6) is 0 Å². The standard InChI is InChI=1S/C21H25N2.CH2O3/c1-14-9-16(3)20(17(4)10-14)22-7-8-23(13-22)21-18(5)11-15(2)12-19(21)6;2-1-4-3/h7-13H,1-6H3;1,3H/q+1;/p-1. The van der Waals surface area contributed by atoms with E-state index in [9.17, 15) is 0 Å². The van der Waals surface area contributed by atoms with Gasteiger partial charge in [-0.2, -0.15) is 0 Å². The summed E-state index contributed by atoms with van der Waals surface area (Å²) in [6.07, 6.45) is 6.46. The van der Waals surface area contributed by atoms with Gasteiger partial charge in [0.25, 0.3) is 12.8 Å². The molecular formula is C22H26N2O3. The number of hydrogen-bond donors (Lipinski definition) is 0. The number of nitrogens with zero attached hydrogens (tertiary/aromatic N) is 2. The molecule has 0 N–H and O–H groups in total. The minimum absolute atomic E-state index is 0.181. The van der Waals surface area contributed by atoms with Gasteiger partial charge in [-0.05, 0) is 63.8 Å². The molecule has 0 saturated heterocycles. The molecule has 5 heteroatoms. The maximum Gasteiger partial charge on any atom is 0.287 e. The first-order chi connectivity index (χ1) is 12.8. The minimum Gasteiger partial charge on any atom is -0.662 e. The lowest BCUT2D eigenvalue weighted by Gasteiger charge is -2.08. The first-order valence-corrected chi connectivity index (χ1v) is 8.76. The van der Waals surface area contributed by atoms with Gasteiger partial charge in [-0.15, -0.1) is 0 Å². The first-order valence-electron chi connectivity index (χ1n) is 8.76. The molecule has 3 aromatic rings. The fourth-order valence-corrected chi connectivity index (χ4v) is 3.78. The third-order valence-corrected chi connectivity index (χ3v) is 4.46. The Morgan fingerprint density at radius 3 is 1.78 bits per heavy atom. The average Bonchev–Trinajstić information content (AvgIpc) is 3.02. The van der Waals surface area contributed by atoms with Gasteiger partial charge in [0, 0.05) is 0 Å². The predicted octanol–water partition coefficient (Wildman–Crippen LogP) is 3.04. The van der Waals surface area contributed by atoms with Crippen LogP contribution in [0.25, 0.3) is 11.4 Å². The Labute approximate surface area is 160 Å². The summed E-state index contributed by atoms with van der Waals surface area (Å²) in [5.74, 6) is 0. The number of imidazole rings is 1. The number of benzene rings is 2. The molecule has 27 heavy (non-hydrogen) atoms. The van der Waals surface area contributed by atoms with Gasteiger partial charge in [0.05, 0.1) is 0 Å². The summed E-state index contributed by atoms with van der Waals surface area (Å²) in [6, 6.07) is 8.98. The van der Waals surface area contributed by atoms with Crippen LogP contribution in [-0.2, 0) is 9.68 Å². The second-order valence-electron chi connectivity index (χ2n) is 6.92. The van der Waals surface area contributed by atoms with Crippen LogP contribution in [0, 0.1) is 41.5 Å². The van der Waals surface area contributed by atoms with Crippen LogP contribution in [0.3, 0.4) is 0 Å². The SMILES string of the molecule is Cc1cc(C)c(-n2cc[n+](-c3c(C)cc(C)cc3C)c2)c(C)c1.O=CO[O-]. The number of hydrogen-bond acceptors (Lipinski definition) is 3. The summed E-state index contributed by atoms with van der Waals surface area (Å²) in [4.78, 5) is 11.2. The van der Waals surface area contributed by atoms with Gasteiger partial charge in [0.15, 0.2) is 0 Å². The van der Waals surface area contributed by atoms with Crippen LogP contribution in [0.4, 0.5) is 0 Å². The third kappa shape index (κ3) is 4.63. The quantitative estimate of drug-likeness (QED) is 0.310. The summed E-state index contributed by atoms with van der Waals surface area (Å²) in [7, 11) is 0. The molecule has 3 rings (SSSR count). The minimum atomic E-state index is -0.181. The van der Waals surface area contributed by atoms with Crippen molar-refractivity contribution in [2.45, 2.75) is 41.5 Å². The number of aryl methyl sites for hydroxylation is 6. The first kappa shape index (κ1) is 20.4. The Morgan fingerprint density at radius 1 is 0.889 bits per heavy atom. The molecular weight excluding hydrogens is 340 g/mol. The maximum absolute atomic E-state index is 8.64. The zero-order chi connectivity index (χ0) is 20.1. The monoisotopic (exact) mass is 366 g/mol. The van der Waals surface area contributed by atoms with E-state index in [1.54, 1.807) is 0 Å². The van der Waals surface area contributed by atoms with E-state index < -0.39 is 0 Å². The highest BCUT2D eigenvalue weighted by atomic mass is 17.1. The Hall–Kier alpha value is -2.92. The van der Waals surface area contributed by atoms with Crippen LogP contribution in [-0.4, -0.2) is 11.0 Å². The molecule has 0 atom stereocenters. The van der Waals surface area contributed by atoms with E-state index in [0.29, 0.717) is 0 Å². The molecule has 142 valence electrons. The lowest BCUT2D eigenvalue weighted by atomic mass is 10.0. The fraction of sp³-hybridized carbons (Fsp3) is 0.273. The van der Waals surface area contributed by atoms with Crippen LogP contribution in [0.2, 0.25) is 0 Å². The van der Waals surface area contributed by atoms with Gasteiger partial charge >= 0.3 is 0 Å². The highest BCUT2D eigenvalue weighted by Crippen LogP contribution is 2.21. The van der Waals surface area contributed by atoms with Crippen molar-refractivity contribution >= 4 is 6.47 Å². The molecule has 2 aromatic carbocycles. The van der Waals surface area contributed by atoms with Crippen LogP contribution in [0.1, 0.15) is 33.4 Å². The lowest BCUT2D eigenvalue weighted by molar-refractivity contribution is -0.652.